The van der Waals surface area contributed by atoms with E-state index in [1.165, 1.54) is 12.8 Å². The molecule has 172 valence electrons. The number of amides is 1. The third kappa shape index (κ3) is 4.02. The Morgan fingerprint density at radius 3 is 2.79 bits per heavy atom. The predicted molar refractivity (Wildman–Crippen MR) is 132 cm³/mol. The summed E-state index contributed by atoms with van der Waals surface area (Å²) in [5.74, 6) is 1.74. The summed E-state index contributed by atoms with van der Waals surface area (Å²) in [6.45, 7) is 1.02. The maximum absolute atomic E-state index is 13.0. The summed E-state index contributed by atoms with van der Waals surface area (Å²) in [5.41, 5.74) is 3.38. The molecule has 1 amide bonds. The zero-order chi connectivity index (χ0) is 23.1. The van der Waals surface area contributed by atoms with Crippen molar-refractivity contribution in [3.8, 4) is 11.3 Å². The third-order valence-corrected chi connectivity index (χ3v) is 6.72. The first-order chi connectivity index (χ1) is 16.7. The Labute approximate surface area is 197 Å². The van der Waals surface area contributed by atoms with Crippen molar-refractivity contribution in [1.29, 1.82) is 0 Å². The summed E-state index contributed by atoms with van der Waals surface area (Å²) in [6.07, 6.45) is 8.18. The largest absolute Gasteiger partial charge is 0.334 e. The van der Waals surface area contributed by atoms with Crippen molar-refractivity contribution in [2.75, 3.05) is 5.32 Å². The van der Waals surface area contributed by atoms with Gasteiger partial charge in [-0.3, -0.25) is 14.2 Å². The summed E-state index contributed by atoms with van der Waals surface area (Å²) in [6, 6.07) is 15.5. The molecule has 4 aromatic rings. The van der Waals surface area contributed by atoms with Gasteiger partial charge in [0.05, 0.1) is 16.6 Å². The van der Waals surface area contributed by atoms with Crippen molar-refractivity contribution in [2.45, 2.75) is 57.5 Å². The second-order valence-corrected chi connectivity index (χ2v) is 9.27. The Morgan fingerprint density at radius 2 is 1.94 bits per heavy atom. The molecule has 2 aromatic carbocycles. The molecule has 0 unspecified atom stereocenters. The van der Waals surface area contributed by atoms with Crippen LogP contribution in [-0.4, -0.2) is 25.0 Å². The maximum atomic E-state index is 13.0. The number of aryl methyl sites for hydroxylation is 3. The van der Waals surface area contributed by atoms with Crippen LogP contribution < -0.4 is 10.9 Å². The van der Waals surface area contributed by atoms with Gasteiger partial charge in [0.25, 0.3) is 5.56 Å². The summed E-state index contributed by atoms with van der Waals surface area (Å²) in [4.78, 5) is 35.3. The molecule has 0 atom stereocenters. The predicted octanol–water partition coefficient (Wildman–Crippen LogP) is 4.50. The van der Waals surface area contributed by atoms with Crippen molar-refractivity contribution in [2.24, 2.45) is 0 Å². The van der Waals surface area contributed by atoms with Crippen molar-refractivity contribution in [3.63, 3.8) is 0 Å². The third-order valence-electron chi connectivity index (χ3n) is 6.72. The van der Waals surface area contributed by atoms with Gasteiger partial charge in [0.15, 0.2) is 0 Å². The first kappa shape index (κ1) is 20.8. The summed E-state index contributed by atoms with van der Waals surface area (Å²) < 4.78 is 4.04. The number of imidazole rings is 1. The van der Waals surface area contributed by atoms with Crippen molar-refractivity contribution < 1.29 is 4.79 Å². The van der Waals surface area contributed by atoms with Crippen LogP contribution in [-0.2, 0) is 24.2 Å². The van der Waals surface area contributed by atoms with Gasteiger partial charge in [0.1, 0.15) is 11.6 Å². The van der Waals surface area contributed by atoms with E-state index in [0.717, 1.165) is 48.6 Å². The van der Waals surface area contributed by atoms with Gasteiger partial charge in [0, 0.05) is 49.3 Å². The maximum Gasteiger partial charge on any atom is 0.261 e. The molecule has 1 N–H and O–H groups in total. The smallest absolute Gasteiger partial charge is 0.261 e. The summed E-state index contributed by atoms with van der Waals surface area (Å²) in [7, 11) is 0. The number of nitrogens with one attached hydrogen (secondary N) is 1. The number of hydrogen-bond donors (Lipinski definition) is 1. The average Bonchev–Trinajstić information content (AvgIpc) is 3.59. The first-order valence-electron chi connectivity index (χ1n) is 12.1. The molecule has 2 aromatic heterocycles. The van der Waals surface area contributed by atoms with E-state index in [0.29, 0.717) is 23.1 Å². The lowest BCUT2D eigenvalue weighted by atomic mass is 10.1. The molecule has 0 spiro atoms. The van der Waals surface area contributed by atoms with Crippen LogP contribution in [0.2, 0.25) is 0 Å². The number of nitrogens with zero attached hydrogens (tertiary/aromatic N) is 4. The fourth-order valence-electron chi connectivity index (χ4n) is 4.83. The van der Waals surface area contributed by atoms with Crippen LogP contribution in [0, 0.1) is 0 Å². The molecule has 0 saturated heterocycles. The highest BCUT2D eigenvalue weighted by Gasteiger charge is 2.28. The number of aromatic nitrogens is 4. The van der Waals surface area contributed by atoms with Gasteiger partial charge in [-0.25, -0.2) is 9.97 Å². The van der Waals surface area contributed by atoms with Crippen molar-refractivity contribution in [1.82, 2.24) is 19.1 Å². The molecule has 1 aliphatic heterocycles. The molecular weight excluding hydrogens is 426 g/mol. The molecule has 1 saturated carbocycles. The van der Waals surface area contributed by atoms with Gasteiger partial charge in [0.2, 0.25) is 5.91 Å². The molecule has 1 aliphatic carbocycles. The molecule has 1 fully saturated rings. The Bertz CT molecular complexity index is 1420. The van der Waals surface area contributed by atoms with Crippen molar-refractivity contribution in [3.05, 3.63) is 76.7 Å². The molecule has 7 nitrogen and oxygen atoms in total. The standard InChI is InChI=1S/C27H27N5O2/c33-26(14-13-25-29-22-9-2-1-8-21(22)27(34)32(25)20-11-12-20)28-19-7-5-6-18(16-19)23-17-31-15-4-3-10-24(31)30-23/h1-2,5-9,16-17,20H,3-4,10-15H2,(H,28,33). The summed E-state index contributed by atoms with van der Waals surface area (Å²) in [5, 5.41) is 3.65. The SMILES string of the molecule is O=C(CCc1nc2ccccc2c(=O)n1C1CC1)Nc1cccc(-c2cn3c(n2)CCCC3)c1. The van der Waals surface area contributed by atoms with Gasteiger partial charge >= 0.3 is 0 Å². The molecule has 3 heterocycles. The van der Waals surface area contributed by atoms with E-state index in [9.17, 15) is 9.59 Å². The van der Waals surface area contributed by atoms with Gasteiger partial charge in [-0.15, -0.1) is 0 Å². The average molecular weight is 454 g/mol. The van der Waals surface area contributed by atoms with E-state index in [-0.39, 0.29) is 23.9 Å². The number of carbonyl (C=O) groups is 1. The van der Waals surface area contributed by atoms with Crippen molar-refractivity contribution >= 4 is 22.5 Å². The first-order valence-corrected chi connectivity index (χ1v) is 12.1. The number of hydrogen-bond acceptors (Lipinski definition) is 4. The van der Waals surface area contributed by atoms with Gasteiger partial charge in [-0.1, -0.05) is 24.3 Å². The van der Waals surface area contributed by atoms with Crippen LogP contribution in [0.5, 0.6) is 0 Å². The van der Waals surface area contributed by atoms with Crippen LogP contribution >= 0.6 is 0 Å². The zero-order valence-electron chi connectivity index (χ0n) is 19.0. The minimum absolute atomic E-state index is 0.000950. The monoisotopic (exact) mass is 453 g/mol. The molecule has 2 aliphatic rings. The Balaban J connectivity index is 1.18. The fourth-order valence-corrected chi connectivity index (χ4v) is 4.83. The van der Waals surface area contributed by atoms with Crippen LogP contribution in [0.4, 0.5) is 5.69 Å². The molecular formula is C27H27N5O2. The Hall–Kier alpha value is -3.74. The fraction of sp³-hybridized carbons (Fsp3) is 0.333. The molecule has 0 bridgehead atoms. The second kappa shape index (κ2) is 8.56. The van der Waals surface area contributed by atoms with E-state index in [2.05, 4.69) is 16.1 Å². The number of fused-ring (bicyclic) bond motifs is 2. The van der Waals surface area contributed by atoms with E-state index >= 15 is 0 Å². The lowest BCUT2D eigenvalue weighted by Gasteiger charge is -2.13. The van der Waals surface area contributed by atoms with Crippen LogP contribution in [0.1, 0.15) is 49.8 Å². The topological polar surface area (TPSA) is 81.8 Å². The minimum Gasteiger partial charge on any atom is -0.334 e. The van der Waals surface area contributed by atoms with E-state index < -0.39 is 0 Å². The van der Waals surface area contributed by atoms with Gasteiger partial charge < -0.3 is 9.88 Å². The number of anilines is 1. The highest BCUT2D eigenvalue weighted by atomic mass is 16.1. The Morgan fingerprint density at radius 1 is 1.06 bits per heavy atom. The lowest BCUT2D eigenvalue weighted by molar-refractivity contribution is -0.116. The molecule has 0 radical (unpaired) electrons. The van der Waals surface area contributed by atoms with Crippen LogP contribution in [0.25, 0.3) is 22.2 Å². The van der Waals surface area contributed by atoms with E-state index in [1.807, 2.05) is 48.5 Å². The number of carbonyl (C=O) groups excluding carboxylic acids is 1. The minimum atomic E-state index is -0.0916. The Kier molecular flexibility index (Phi) is 5.24. The highest BCUT2D eigenvalue weighted by molar-refractivity contribution is 5.91. The molecule has 34 heavy (non-hydrogen) atoms. The number of benzene rings is 2. The lowest BCUT2D eigenvalue weighted by Crippen LogP contribution is -2.25. The normalized spacial score (nSPS) is 15.3. The summed E-state index contributed by atoms with van der Waals surface area (Å²) >= 11 is 0. The van der Waals surface area contributed by atoms with Crippen LogP contribution in [0.15, 0.2) is 59.5 Å². The van der Waals surface area contributed by atoms with E-state index in [4.69, 9.17) is 9.97 Å². The zero-order valence-corrected chi connectivity index (χ0v) is 19.0. The molecule has 7 heteroatoms. The highest BCUT2D eigenvalue weighted by Crippen LogP contribution is 2.35. The van der Waals surface area contributed by atoms with Gasteiger partial charge in [-0.2, -0.15) is 0 Å². The van der Waals surface area contributed by atoms with Gasteiger partial charge in [-0.05, 0) is 49.9 Å². The quantitative estimate of drug-likeness (QED) is 0.466. The molecule has 6 rings (SSSR count). The van der Waals surface area contributed by atoms with Crippen LogP contribution in [0.3, 0.4) is 0 Å². The van der Waals surface area contributed by atoms with E-state index in [1.54, 1.807) is 4.57 Å². The second-order valence-electron chi connectivity index (χ2n) is 9.27. The number of rotatable bonds is 6. The number of para-hydroxylation sites is 1.